The van der Waals surface area contributed by atoms with Crippen LogP contribution in [0.25, 0.3) is 0 Å². The first kappa shape index (κ1) is 19.8. The molecule has 4 nitrogen and oxygen atoms in total. The van der Waals surface area contributed by atoms with Gasteiger partial charge in [0.1, 0.15) is 11.6 Å². The lowest BCUT2D eigenvalue weighted by atomic mass is 10.0. The summed E-state index contributed by atoms with van der Waals surface area (Å²) in [6, 6.07) is 18.9. The second kappa shape index (κ2) is 7.50. The number of nitrogens with zero attached hydrogens (tertiary/aromatic N) is 2. The largest absolute Gasteiger partial charge is 0.311 e. The van der Waals surface area contributed by atoms with E-state index in [-0.39, 0.29) is 24.2 Å². The molecule has 0 radical (unpaired) electrons. The van der Waals surface area contributed by atoms with E-state index in [4.69, 9.17) is 0 Å². The predicted octanol–water partition coefficient (Wildman–Crippen LogP) is 4.55. The molecule has 31 heavy (non-hydrogen) atoms. The van der Waals surface area contributed by atoms with Gasteiger partial charge in [0.2, 0.25) is 0 Å². The number of carbonyl (C=O) groups is 2. The van der Waals surface area contributed by atoms with Gasteiger partial charge in [0.05, 0.1) is 12.2 Å². The van der Waals surface area contributed by atoms with Gasteiger partial charge in [-0.15, -0.1) is 11.8 Å². The molecule has 0 bridgehead atoms. The van der Waals surface area contributed by atoms with E-state index in [1.807, 2.05) is 24.3 Å². The van der Waals surface area contributed by atoms with Crippen molar-refractivity contribution in [2.24, 2.45) is 0 Å². The number of para-hydroxylation sites is 1. The number of fused-ring (bicyclic) bond motifs is 2. The van der Waals surface area contributed by atoms with Crippen molar-refractivity contribution in [3.8, 4) is 0 Å². The number of anilines is 1. The Morgan fingerprint density at radius 3 is 2.52 bits per heavy atom. The molecule has 0 N–H and O–H groups in total. The molecule has 2 amide bonds. The van der Waals surface area contributed by atoms with E-state index >= 15 is 0 Å². The Hall–Kier alpha value is -3.19. The first-order chi connectivity index (χ1) is 15.0. The zero-order valence-corrected chi connectivity index (χ0v) is 17.2. The monoisotopic (exact) mass is 436 g/mol. The number of halogens is 2. The minimum atomic E-state index is -1.19. The third-order valence-corrected chi connectivity index (χ3v) is 7.09. The standard InChI is InChI=1S/C24H18F2N2O2S/c25-18-10-8-17(9-11-18)22(29)28-12-13-31-24(28)20-6-1-2-7-21(20)27(23(24)30)15-16-4-3-5-19(26)14-16/h1-11,14H,12-13,15H2. The molecular formula is C24H18F2N2O2S. The van der Waals surface area contributed by atoms with E-state index in [0.717, 1.165) is 5.56 Å². The summed E-state index contributed by atoms with van der Waals surface area (Å²) in [4.78, 5) is 29.2. The Morgan fingerprint density at radius 2 is 1.74 bits per heavy atom. The van der Waals surface area contributed by atoms with Gasteiger partial charge in [-0.05, 0) is 48.0 Å². The Labute approximate surface area is 182 Å². The van der Waals surface area contributed by atoms with Gasteiger partial charge in [-0.2, -0.15) is 0 Å². The highest BCUT2D eigenvalue weighted by molar-refractivity contribution is 8.01. The smallest absolute Gasteiger partial charge is 0.268 e. The first-order valence-electron chi connectivity index (χ1n) is 9.88. The number of hydrogen-bond acceptors (Lipinski definition) is 3. The molecular weight excluding hydrogens is 418 g/mol. The van der Waals surface area contributed by atoms with Crippen molar-refractivity contribution in [2.75, 3.05) is 17.2 Å². The van der Waals surface area contributed by atoms with E-state index < -0.39 is 10.7 Å². The fourth-order valence-electron chi connectivity index (χ4n) is 4.29. The molecule has 0 aromatic heterocycles. The van der Waals surface area contributed by atoms with E-state index in [1.54, 1.807) is 21.9 Å². The molecule has 2 heterocycles. The number of amides is 2. The lowest BCUT2D eigenvalue weighted by Crippen LogP contribution is -2.50. The summed E-state index contributed by atoms with van der Waals surface area (Å²) in [5.41, 5.74) is 2.45. The number of thioether (sulfide) groups is 1. The zero-order chi connectivity index (χ0) is 21.6. The van der Waals surface area contributed by atoms with Gasteiger partial charge in [-0.3, -0.25) is 9.59 Å². The van der Waals surface area contributed by atoms with Crippen LogP contribution in [0.5, 0.6) is 0 Å². The predicted molar refractivity (Wildman–Crippen MR) is 116 cm³/mol. The second-order valence-electron chi connectivity index (χ2n) is 7.49. The summed E-state index contributed by atoms with van der Waals surface area (Å²) in [5, 5.41) is 0. The maximum atomic E-state index is 13.8. The third-order valence-electron chi connectivity index (χ3n) is 5.67. The third kappa shape index (κ3) is 3.11. The van der Waals surface area contributed by atoms with Crippen LogP contribution in [0.4, 0.5) is 14.5 Å². The van der Waals surface area contributed by atoms with Crippen molar-refractivity contribution in [3.05, 3.63) is 101 Å². The average Bonchev–Trinajstić information content (AvgIpc) is 3.31. The molecule has 2 aliphatic heterocycles. The highest BCUT2D eigenvalue weighted by atomic mass is 32.2. The topological polar surface area (TPSA) is 40.6 Å². The van der Waals surface area contributed by atoms with Gasteiger partial charge in [0, 0.05) is 23.4 Å². The normalized spacial score (nSPS) is 19.9. The highest BCUT2D eigenvalue weighted by Gasteiger charge is 2.59. The zero-order valence-electron chi connectivity index (χ0n) is 16.4. The summed E-state index contributed by atoms with van der Waals surface area (Å²) in [6.45, 7) is 0.600. The molecule has 3 aromatic carbocycles. The minimum Gasteiger partial charge on any atom is -0.311 e. The first-order valence-corrected chi connectivity index (χ1v) is 10.9. The number of hydrogen-bond donors (Lipinski definition) is 0. The molecule has 0 aliphatic carbocycles. The summed E-state index contributed by atoms with van der Waals surface area (Å²) in [7, 11) is 0. The van der Waals surface area contributed by atoms with Crippen LogP contribution < -0.4 is 4.90 Å². The van der Waals surface area contributed by atoms with Crippen LogP contribution in [-0.4, -0.2) is 29.0 Å². The van der Waals surface area contributed by atoms with Crippen molar-refractivity contribution >= 4 is 29.3 Å². The Bertz CT molecular complexity index is 1180. The summed E-state index contributed by atoms with van der Waals surface area (Å²) in [6.07, 6.45) is 0. The van der Waals surface area contributed by atoms with Gasteiger partial charge in [0.25, 0.3) is 11.8 Å². The highest BCUT2D eigenvalue weighted by Crippen LogP contribution is 2.54. The second-order valence-corrected chi connectivity index (χ2v) is 8.78. The molecule has 5 rings (SSSR count). The minimum absolute atomic E-state index is 0.203. The van der Waals surface area contributed by atoms with Gasteiger partial charge in [-0.1, -0.05) is 30.3 Å². The molecule has 1 atom stereocenters. The van der Waals surface area contributed by atoms with Gasteiger partial charge >= 0.3 is 0 Å². The van der Waals surface area contributed by atoms with E-state index in [0.29, 0.717) is 29.1 Å². The summed E-state index contributed by atoms with van der Waals surface area (Å²) >= 11 is 1.42. The Kier molecular flexibility index (Phi) is 4.78. The van der Waals surface area contributed by atoms with Gasteiger partial charge in [-0.25, -0.2) is 8.78 Å². The van der Waals surface area contributed by atoms with Gasteiger partial charge < -0.3 is 9.80 Å². The van der Waals surface area contributed by atoms with Crippen LogP contribution in [0.3, 0.4) is 0 Å². The van der Waals surface area contributed by atoms with Crippen molar-refractivity contribution < 1.29 is 18.4 Å². The SMILES string of the molecule is O=C(c1ccc(F)cc1)N1CCSC12C(=O)N(Cc1cccc(F)c1)c1ccccc12. The maximum absolute atomic E-state index is 13.8. The van der Waals surface area contributed by atoms with Crippen LogP contribution in [0, 0.1) is 11.6 Å². The fourth-order valence-corrected chi connectivity index (χ4v) is 5.75. The van der Waals surface area contributed by atoms with Crippen LogP contribution in [0.15, 0.2) is 72.8 Å². The molecule has 0 saturated carbocycles. The summed E-state index contributed by atoms with van der Waals surface area (Å²) < 4.78 is 27.1. The molecule has 1 fully saturated rings. The van der Waals surface area contributed by atoms with Crippen molar-refractivity contribution in [3.63, 3.8) is 0 Å². The van der Waals surface area contributed by atoms with Crippen LogP contribution in [0.1, 0.15) is 21.5 Å². The van der Waals surface area contributed by atoms with Crippen molar-refractivity contribution in [1.82, 2.24) is 4.90 Å². The van der Waals surface area contributed by atoms with Crippen LogP contribution in [0.2, 0.25) is 0 Å². The lowest BCUT2D eigenvalue weighted by molar-refractivity contribution is -0.123. The fraction of sp³-hybridized carbons (Fsp3) is 0.167. The quantitative estimate of drug-likeness (QED) is 0.605. The van der Waals surface area contributed by atoms with E-state index in [1.165, 1.54) is 48.2 Å². The lowest BCUT2D eigenvalue weighted by Gasteiger charge is -2.33. The van der Waals surface area contributed by atoms with Crippen molar-refractivity contribution in [2.45, 2.75) is 11.4 Å². The number of carbonyl (C=O) groups excluding carboxylic acids is 2. The Morgan fingerprint density at radius 1 is 0.968 bits per heavy atom. The molecule has 1 spiro atoms. The summed E-state index contributed by atoms with van der Waals surface area (Å²) in [5.74, 6) is -0.737. The average molecular weight is 436 g/mol. The molecule has 156 valence electrons. The van der Waals surface area contributed by atoms with Crippen molar-refractivity contribution in [1.29, 1.82) is 0 Å². The number of benzene rings is 3. The maximum Gasteiger partial charge on any atom is 0.268 e. The molecule has 7 heteroatoms. The molecule has 1 saturated heterocycles. The molecule has 2 aliphatic rings. The van der Waals surface area contributed by atoms with Gasteiger partial charge in [0.15, 0.2) is 4.87 Å². The number of rotatable bonds is 3. The Balaban J connectivity index is 1.57. The van der Waals surface area contributed by atoms with E-state index in [9.17, 15) is 18.4 Å². The molecule has 1 unspecified atom stereocenters. The van der Waals surface area contributed by atoms with Crippen LogP contribution >= 0.6 is 11.8 Å². The van der Waals surface area contributed by atoms with Crippen LogP contribution in [-0.2, 0) is 16.2 Å². The molecule has 3 aromatic rings. The van der Waals surface area contributed by atoms with E-state index in [2.05, 4.69) is 0 Å².